The number of piperidine rings is 1. The average Bonchev–Trinajstić information content (AvgIpc) is 2.73. The van der Waals surface area contributed by atoms with E-state index in [2.05, 4.69) is 4.90 Å². The van der Waals surface area contributed by atoms with Crippen molar-refractivity contribution in [3.8, 4) is 11.5 Å². The summed E-state index contributed by atoms with van der Waals surface area (Å²) in [5, 5.41) is 10.9. The van der Waals surface area contributed by atoms with Gasteiger partial charge in [0.05, 0.1) is 26.9 Å². The molecule has 0 bridgehead atoms. The Hall–Kier alpha value is -2.37. The van der Waals surface area contributed by atoms with E-state index in [1.165, 1.54) is 0 Å². The molecule has 144 valence electrons. The molecule has 1 saturated heterocycles. The second-order valence-electron chi connectivity index (χ2n) is 6.90. The van der Waals surface area contributed by atoms with Crippen molar-refractivity contribution in [1.29, 1.82) is 0 Å². The minimum Gasteiger partial charge on any atom is -0.497 e. The Bertz CT molecular complexity index is 742. The lowest BCUT2D eigenvalue weighted by Gasteiger charge is -2.38. The van der Waals surface area contributed by atoms with Gasteiger partial charge in [-0.1, -0.05) is 18.6 Å². The first-order valence-corrected chi connectivity index (χ1v) is 9.35. The highest BCUT2D eigenvalue weighted by Gasteiger charge is 2.31. The van der Waals surface area contributed by atoms with Gasteiger partial charge in [0.15, 0.2) is 5.78 Å². The molecule has 0 amide bonds. The van der Waals surface area contributed by atoms with E-state index in [1.54, 1.807) is 38.5 Å². The van der Waals surface area contributed by atoms with Gasteiger partial charge in [-0.2, -0.15) is 0 Å². The maximum atomic E-state index is 12.7. The number of ether oxygens (including phenoxy) is 2. The summed E-state index contributed by atoms with van der Waals surface area (Å²) >= 11 is 0. The number of Topliss-reactive ketones (excluding diaryl/α,β-unsaturated/α-hetero) is 1. The molecule has 3 rings (SSSR count). The van der Waals surface area contributed by atoms with E-state index in [4.69, 9.17) is 9.47 Å². The van der Waals surface area contributed by atoms with E-state index in [-0.39, 0.29) is 11.8 Å². The number of hydrogen-bond acceptors (Lipinski definition) is 5. The predicted molar refractivity (Wildman–Crippen MR) is 104 cm³/mol. The zero-order valence-electron chi connectivity index (χ0n) is 15.9. The zero-order chi connectivity index (χ0) is 19.2. The van der Waals surface area contributed by atoms with Gasteiger partial charge in [0.2, 0.25) is 0 Å². The highest BCUT2D eigenvalue weighted by Crippen LogP contribution is 2.30. The first-order valence-electron chi connectivity index (χ1n) is 9.35. The van der Waals surface area contributed by atoms with Crippen LogP contribution in [0.5, 0.6) is 11.5 Å². The van der Waals surface area contributed by atoms with Crippen molar-refractivity contribution in [2.45, 2.75) is 31.4 Å². The van der Waals surface area contributed by atoms with Crippen molar-refractivity contribution >= 4 is 5.78 Å². The Labute approximate surface area is 160 Å². The number of nitrogens with zero attached hydrogens (tertiary/aromatic N) is 1. The van der Waals surface area contributed by atoms with E-state index in [1.807, 2.05) is 24.3 Å². The summed E-state index contributed by atoms with van der Waals surface area (Å²) in [6.07, 6.45) is 2.36. The molecule has 1 aliphatic rings. The molecule has 1 fully saturated rings. The molecule has 2 aromatic rings. The van der Waals surface area contributed by atoms with Crippen LogP contribution in [-0.4, -0.2) is 49.1 Å². The predicted octanol–water partition coefficient (Wildman–Crippen LogP) is 3.47. The molecule has 2 atom stereocenters. The molecule has 5 nitrogen and oxygen atoms in total. The van der Waals surface area contributed by atoms with E-state index in [0.717, 1.165) is 42.9 Å². The van der Waals surface area contributed by atoms with Crippen LogP contribution in [0.25, 0.3) is 0 Å². The first kappa shape index (κ1) is 19.4. The number of aliphatic hydroxyl groups is 1. The first-order chi connectivity index (χ1) is 13.1. The summed E-state index contributed by atoms with van der Waals surface area (Å²) in [5.41, 5.74) is 1.52. The lowest BCUT2D eigenvalue weighted by Crippen LogP contribution is -2.45. The van der Waals surface area contributed by atoms with Gasteiger partial charge >= 0.3 is 0 Å². The summed E-state index contributed by atoms with van der Waals surface area (Å²) in [6, 6.07) is 14.6. The summed E-state index contributed by atoms with van der Waals surface area (Å²) in [4.78, 5) is 14.8. The number of carbonyl (C=O) groups excluding carboxylic acids is 1. The second-order valence-corrected chi connectivity index (χ2v) is 6.90. The van der Waals surface area contributed by atoms with Crippen molar-refractivity contribution in [2.75, 3.05) is 27.3 Å². The fraction of sp³-hybridized carbons (Fsp3) is 0.409. The molecule has 0 aliphatic carbocycles. The number of aliphatic hydroxyl groups excluding tert-OH is 1. The van der Waals surface area contributed by atoms with E-state index in [0.29, 0.717) is 12.1 Å². The second kappa shape index (κ2) is 9.02. The maximum Gasteiger partial charge on any atom is 0.176 e. The molecule has 0 saturated carbocycles. The van der Waals surface area contributed by atoms with Crippen LogP contribution in [0.3, 0.4) is 0 Å². The lowest BCUT2D eigenvalue weighted by molar-refractivity contribution is 0.0255. The quantitative estimate of drug-likeness (QED) is 0.757. The van der Waals surface area contributed by atoms with Gasteiger partial charge in [-0.05, 0) is 61.3 Å². The van der Waals surface area contributed by atoms with Crippen molar-refractivity contribution in [1.82, 2.24) is 4.90 Å². The van der Waals surface area contributed by atoms with Crippen LogP contribution in [0.1, 0.15) is 41.3 Å². The smallest absolute Gasteiger partial charge is 0.176 e. The Morgan fingerprint density at radius 1 is 1.04 bits per heavy atom. The monoisotopic (exact) mass is 369 g/mol. The minimum absolute atomic E-state index is 0.0608. The van der Waals surface area contributed by atoms with Gasteiger partial charge in [0.1, 0.15) is 11.5 Å². The van der Waals surface area contributed by atoms with Gasteiger partial charge in [0.25, 0.3) is 0 Å². The van der Waals surface area contributed by atoms with Gasteiger partial charge in [-0.15, -0.1) is 0 Å². The molecule has 0 aromatic heterocycles. The third-order valence-electron chi connectivity index (χ3n) is 5.24. The van der Waals surface area contributed by atoms with Crippen LogP contribution in [-0.2, 0) is 0 Å². The highest BCUT2D eigenvalue weighted by atomic mass is 16.5. The summed E-state index contributed by atoms with van der Waals surface area (Å²) in [5.74, 6) is 1.56. The van der Waals surface area contributed by atoms with Crippen molar-refractivity contribution in [2.24, 2.45) is 0 Å². The molecule has 5 heteroatoms. The Kier molecular flexibility index (Phi) is 6.48. The number of benzene rings is 2. The van der Waals surface area contributed by atoms with Crippen LogP contribution in [0.4, 0.5) is 0 Å². The van der Waals surface area contributed by atoms with Gasteiger partial charge < -0.3 is 14.6 Å². The van der Waals surface area contributed by atoms with Crippen LogP contribution < -0.4 is 9.47 Å². The molecule has 27 heavy (non-hydrogen) atoms. The summed E-state index contributed by atoms with van der Waals surface area (Å²) < 4.78 is 10.3. The van der Waals surface area contributed by atoms with Gasteiger partial charge in [0, 0.05) is 11.6 Å². The summed E-state index contributed by atoms with van der Waals surface area (Å²) in [7, 11) is 3.23. The minimum atomic E-state index is -0.625. The topological polar surface area (TPSA) is 59.0 Å². The standard InChI is InChI=1S/C22H27NO4/c1-26-18-10-6-16(7-11-18)21(24)15-23-14-4-3-5-20(23)22(25)17-8-12-19(27-2)13-9-17/h6-13,20,22,25H,3-5,14-15H2,1-2H3. The van der Waals surface area contributed by atoms with E-state index < -0.39 is 6.10 Å². The number of hydrogen-bond donors (Lipinski definition) is 1. The number of rotatable bonds is 7. The maximum absolute atomic E-state index is 12.7. The van der Waals surface area contributed by atoms with Crippen LogP contribution in [0, 0.1) is 0 Å². The molecular formula is C22H27NO4. The fourth-order valence-corrected chi connectivity index (χ4v) is 3.65. The number of methoxy groups -OCH3 is 2. The summed E-state index contributed by atoms with van der Waals surface area (Å²) in [6.45, 7) is 1.13. The number of likely N-dealkylation sites (tertiary alicyclic amines) is 1. The third-order valence-corrected chi connectivity index (χ3v) is 5.24. The number of ketones is 1. The molecule has 1 heterocycles. The fourth-order valence-electron chi connectivity index (χ4n) is 3.65. The molecule has 2 unspecified atom stereocenters. The Morgan fingerprint density at radius 2 is 1.63 bits per heavy atom. The van der Waals surface area contributed by atoms with Crippen molar-refractivity contribution < 1.29 is 19.4 Å². The van der Waals surface area contributed by atoms with Crippen molar-refractivity contribution in [3.05, 3.63) is 59.7 Å². The normalized spacial score (nSPS) is 18.7. The zero-order valence-corrected chi connectivity index (χ0v) is 15.9. The van der Waals surface area contributed by atoms with Gasteiger partial charge in [-0.25, -0.2) is 0 Å². The Balaban J connectivity index is 1.70. The molecular weight excluding hydrogens is 342 g/mol. The largest absolute Gasteiger partial charge is 0.497 e. The average molecular weight is 369 g/mol. The molecule has 1 aliphatic heterocycles. The van der Waals surface area contributed by atoms with Crippen LogP contribution in [0.15, 0.2) is 48.5 Å². The SMILES string of the molecule is COc1ccc(C(=O)CN2CCCCC2C(O)c2ccc(OC)cc2)cc1. The molecule has 0 spiro atoms. The van der Waals surface area contributed by atoms with Crippen molar-refractivity contribution in [3.63, 3.8) is 0 Å². The van der Waals surface area contributed by atoms with Crippen LogP contribution in [0.2, 0.25) is 0 Å². The van der Waals surface area contributed by atoms with Gasteiger partial charge in [-0.3, -0.25) is 9.69 Å². The molecule has 2 aromatic carbocycles. The highest BCUT2D eigenvalue weighted by molar-refractivity contribution is 5.97. The Morgan fingerprint density at radius 3 is 2.22 bits per heavy atom. The van der Waals surface area contributed by atoms with Crippen LogP contribution >= 0.6 is 0 Å². The molecule has 0 radical (unpaired) electrons. The van der Waals surface area contributed by atoms with E-state index >= 15 is 0 Å². The van der Waals surface area contributed by atoms with E-state index in [9.17, 15) is 9.90 Å². The molecule has 1 N–H and O–H groups in total. The number of carbonyl (C=O) groups is 1. The lowest BCUT2D eigenvalue weighted by atomic mass is 9.92. The third kappa shape index (κ3) is 4.67.